The molecule has 1 aromatic rings. The molecule has 1 aliphatic carbocycles. The Hall–Kier alpha value is -1.55. The Morgan fingerprint density at radius 3 is 2.64 bits per heavy atom. The summed E-state index contributed by atoms with van der Waals surface area (Å²) in [4.78, 5) is 13.7. The molecule has 4 heteroatoms. The smallest absolute Gasteiger partial charge is 0.302 e. The number of methoxy groups -OCH3 is 1. The summed E-state index contributed by atoms with van der Waals surface area (Å²) in [6.07, 6.45) is 4.37. The van der Waals surface area contributed by atoms with Gasteiger partial charge in [-0.3, -0.25) is 4.79 Å². The van der Waals surface area contributed by atoms with Crippen LogP contribution >= 0.6 is 0 Å². The lowest BCUT2D eigenvalue weighted by molar-refractivity contribution is -0.152. The summed E-state index contributed by atoms with van der Waals surface area (Å²) in [5.74, 6) is 1.00. The van der Waals surface area contributed by atoms with Gasteiger partial charge in [-0.1, -0.05) is 18.6 Å². The molecule has 0 amide bonds. The van der Waals surface area contributed by atoms with Gasteiger partial charge in [0, 0.05) is 18.9 Å². The second kappa shape index (κ2) is 7.63. The Kier molecular flexibility index (Phi) is 5.83. The van der Waals surface area contributed by atoms with Crippen LogP contribution in [0, 0.1) is 5.92 Å². The molecule has 1 aliphatic rings. The van der Waals surface area contributed by atoms with Crippen LogP contribution in [-0.4, -0.2) is 38.2 Å². The molecule has 22 heavy (non-hydrogen) atoms. The molecule has 1 saturated carbocycles. The lowest BCUT2D eigenvalue weighted by Gasteiger charge is -2.39. The lowest BCUT2D eigenvalue weighted by Crippen LogP contribution is -2.39. The SMILES string of the molecule is COc1cccc(C([C@H]2CCCC[C@H]2OC(C)=O)N(C)C)c1. The fourth-order valence-corrected chi connectivity index (χ4v) is 3.60. The monoisotopic (exact) mass is 305 g/mol. The van der Waals surface area contributed by atoms with Gasteiger partial charge >= 0.3 is 5.97 Å². The Morgan fingerprint density at radius 1 is 1.27 bits per heavy atom. The maximum atomic E-state index is 11.4. The van der Waals surface area contributed by atoms with Gasteiger partial charge in [0.2, 0.25) is 0 Å². The minimum atomic E-state index is -0.181. The van der Waals surface area contributed by atoms with Gasteiger partial charge in [-0.25, -0.2) is 0 Å². The van der Waals surface area contributed by atoms with E-state index in [2.05, 4.69) is 31.1 Å². The number of ether oxygens (including phenoxy) is 2. The molecular weight excluding hydrogens is 278 g/mol. The molecule has 122 valence electrons. The highest BCUT2D eigenvalue weighted by Crippen LogP contribution is 2.39. The first-order valence-electron chi connectivity index (χ1n) is 8.00. The quantitative estimate of drug-likeness (QED) is 0.781. The van der Waals surface area contributed by atoms with Gasteiger partial charge in [-0.2, -0.15) is 0 Å². The number of nitrogens with zero attached hydrogens (tertiary/aromatic N) is 1. The van der Waals surface area contributed by atoms with Crippen molar-refractivity contribution in [3.63, 3.8) is 0 Å². The third-order valence-electron chi connectivity index (χ3n) is 4.47. The number of benzene rings is 1. The summed E-state index contributed by atoms with van der Waals surface area (Å²) in [6, 6.07) is 8.42. The van der Waals surface area contributed by atoms with Crippen LogP contribution in [0.15, 0.2) is 24.3 Å². The zero-order chi connectivity index (χ0) is 16.1. The molecule has 1 fully saturated rings. The summed E-state index contributed by atoms with van der Waals surface area (Å²) in [5.41, 5.74) is 1.22. The Bertz CT molecular complexity index is 501. The molecule has 0 radical (unpaired) electrons. The number of rotatable bonds is 5. The predicted octanol–water partition coefficient (Wildman–Crippen LogP) is 3.42. The Labute approximate surface area is 133 Å². The molecule has 0 aromatic heterocycles. The van der Waals surface area contributed by atoms with Gasteiger partial charge in [0.25, 0.3) is 0 Å². The largest absolute Gasteiger partial charge is 0.497 e. The second-order valence-corrected chi connectivity index (χ2v) is 6.28. The van der Waals surface area contributed by atoms with Crippen molar-refractivity contribution in [3.8, 4) is 5.75 Å². The topological polar surface area (TPSA) is 38.8 Å². The average Bonchev–Trinajstić information content (AvgIpc) is 2.48. The molecular formula is C18H27NO3. The number of hydrogen-bond acceptors (Lipinski definition) is 4. The van der Waals surface area contributed by atoms with Gasteiger partial charge in [0.05, 0.1) is 7.11 Å². The van der Waals surface area contributed by atoms with Crippen LogP contribution in [0.2, 0.25) is 0 Å². The summed E-state index contributed by atoms with van der Waals surface area (Å²) in [7, 11) is 5.86. The van der Waals surface area contributed by atoms with Gasteiger partial charge in [0.1, 0.15) is 11.9 Å². The van der Waals surface area contributed by atoms with E-state index < -0.39 is 0 Å². The van der Waals surface area contributed by atoms with E-state index in [1.54, 1.807) is 7.11 Å². The van der Waals surface area contributed by atoms with Crippen molar-refractivity contribution in [2.75, 3.05) is 21.2 Å². The van der Waals surface area contributed by atoms with E-state index in [1.165, 1.54) is 18.9 Å². The van der Waals surface area contributed by atoms with E-state index in [-0.39, 0.29) is 18.1 Å². The number of esters is 1. The number of carbonyl (C=O) groups is 1. The summed E-state index contributed by atoms with van der Waals surface area (Å²) in [5, 5.41) is 0. The molecule has 0 spiro atoms. The van der Waals surface area contributed by atoms with E-state index in [0.717, 1.165) is 25.0 Å². The first-order valence-corrected chi connectivity index (χ1v) is 8.00. The summed E-state index contributed by atoms with van der Waals surface area (Å²) in [6.45, 7) is 1.50. The standard InChI is InChI=1S/C18H27NO3/c1-13(20)22-17-11-6-5-10-16(17)18(19(2)3)14-8-7-9-15(12-14)21-4/h7-9,12,16-18H,5-6,10-11H2,1-4H3/t16-,17+,18?/m0/s1. The highest BCUT2D eigenvalue weighted by atomic mass is 16.5. The zero-order valence-corrected chi connectivity index (χ0v) is 14.0. The van der Waals surface area contributed by atoms with Crippen molar-refractivity contribution >= 4 is 5.97 Å². The molecule has 0 bridgehead atoms. The van der Waals surface area contributed by atoms with Crippen LogP contribution in [-0.2, 0) is 9.53 Å². The molecule has 1 unspecified atom stereocenters. The van der Waals surface area contributed by atoms with Crippen molar-refractivity contribution in [1.82, 2.24) is 4.90 Å². The van der Waals surface area contributed by atoms with E-state index in [1.807, 2.05) is 12.1 Å². The molecule has 3 atom stereocenters. The maximum Gasteiger partial charge on any atom is 0.302 e. The van der Waals surface area contributed by atoms with Crippen molar-refractivity contribution < 1.29 is 14.3 Å². The third-order valence-corrected chi connectivity index (χ3v) is 4.47. The summed E-state index contributed by atoms with van der Waals surface area (Å²) < 4.78 is 11.0. The normalized spacial score (nSPS) is 23.1. The zero-order valence-electron chi connectivity index (χ0n) is 14.0. The Morgan fingerprint density at radius 2 is 2.00 bits per heavy atom. The van der Waals surface area contributed by atoms with Crippen LogP contribution < -0.4 is 4.74 Å². The molecule has 2 rings (SSSR count). The van der Waals surface area contributed by atoms with Crippen LogP contribution in [0.25, 0.3) is 0 Å². The minimum absolute atomic E-state index is 0.00449. The second-order valence-electron chi connectivity index (χ2n) is 6.28. The van der Waals surface area contributed by atoms with Crippen molar-refractivity contribution in [3.05, 3.63) is 29.8 Å². The highest BCUT2D eigenvalue weighted by molar-refractivity contribution is 5.66. The van der Waals surface area contributed by atoms with Gasteiger partial charge in [-0.05, 0) is 51.1 Å². The van der Waals surface area contributed by atoms with Gasteiger partial charge in [-0.15, -0.1) is 0 Å². The van der Waals surface area contributed by atoms with Crippen LogP contribution in [0.3, 0.4) is 0 Å². The van der Waals surface area contributed by atoms with Crippen LogP contribution in [0.4, 0.5) is 0 Å². The van der Waals surface area contributed by atoms with Crippen molar-refractivity contribution in [1.29, 1.82) is 0 Å². The predicted molar refractivity (Wildman–Crippen MR) is 86.9 cm³/mol. The lowest BCUT2D eigenvalue weighted by atomic mass is 9.78. The van der Waals surface area contributed by atoms with Gasteiger partial charge in [0.15, 0.2) is 0 Å². The third kappa shape index (κ3) is 4.01. The average molecular weight is 305 g/mol. The molecule has 4 nitrogen and oxygen atoms in total. The molecule has 1 aromatic carbocycles. The number of hydrogen-bond donors (Lipinski definition) is 0. The number of carbonyl (C=O) groups excluding carboxylic acids is 1. The highest BCUT2D eigenvalue weighted by Gasteiger charge is 2.36. The fraction of sp³-hybridized carbons (Fsp3) is 0.611. The summed E-state index contributed by atoms with van der Waals surface area (Å²) >= 11 is 0. The van der Waals surface area contributed by atoms with E-state index in [9.17, 15) is 4.79 Å². The van der Waals surface area contributed by atoms with E-state index in [4.69, 9.17) is 9.47 Å². The first-order chi connectivity index (χ1) is 10.5. The fourth-order valence-electron chi connectivity index (χ4n) is 3.60. The van der Waals surface area contributed by atoms with E-state index >= 15 is 0 Å². The van der Waals surface area contributed by atoms with Crippen molar-refractivity contribution in [2.45, 2.75) is 44.8 Å². The molecule has 0 N–H and O–H groups in total. The molecule has 0 heterocycles. The van der Waals surface area contributed by atoms with Crippen LogP contribution in [0.5, 0.6) is 5.75 Å². The maximum absolute atomic E-state index is 11.4. The molecule has 0 saturated heterocycles. The van der Waals surface area contributed by atoms with Crippen molar-refractivity contribution in [2.24, 2.45) is 5.92 Å². The molecule has 0 aliphatic heterocycles. The van der Waals surface area contributed by atoms with Crippen LogP contribution in [0.1, 0.15) is 44.2 Å². The Balaban J connectivity index is 2.30. The van der Waals surface area contributed by atoms with E-state index in [0.29, 0.717) is 5.92 Å². The minimum Gasteiger partial charge on any atom is -0.497 e. The first kappa shape index (κ1) is 16.8. The van der Waals surface area contributed by atoms with Gasteiger partial charge < -0.3 is 14.4 Å².